The van der Waals surface area contributed by atoms with E-state index in [1.807, 2.05) is 24.4 Å². The van der Waals surface area contributed by atoms with E-state index in [2.05, 4.69) is 27.7 Å². The van der Waals surface area contributed by atoms with Crippen LogP contribution in [0.1, 0.15) is 41.4 Å². The minimum absolute atomic E-state index is 0.125. The van der Waals surface area contributed by atoms with Crippen LogP contribution in [0.4, 0.5) is 11.4 Å². The Hall–Kier alpha value is -2.31. The number of piperidine rings is 1. The number of hydrogen-bond acceptors (Lipinski definition) is 5. The summed E-state index contributed by atoms with van der Waals surface area (Å²) in [5.74, 6) is 0.0765. The summed E-state index contributed by atoms with van der Waals surface area (Å²) in [5, 5.41) is 2.01. The normalized spacial score (nSPS) is 17.1. The largest absolute Gasteiger partial charge is 0.466 e. The summed E-state index contributed by atoms with van der Waals surface area (Å²) in [6, 6.07) is 10.3. The number of carbonyl (C=O) groups excluding carboxylic acids is 2. The van der Waals surface area contributed by atoms with E-state index in [9.17, 15) is 9.59 Å². The summed E-state index contributed by atoms with van der Waals surface area (Å²) in [6.45, 7) is 4.85. The summed E-state index contributed by atoms with van der Waals surface area (Å²) in [5.41, 5.74) is 4.58. The molecule has 146 valence electrons. The van der Waals surface area contributed by atoms with Gasteiger partial charge in [0.15, 0.2) is 11.5 Å². The second-order valence-corrected chi connectivity index (χ2v) is 8.08. The van der Waals surface area contributed by atoms with E-state index in [0.29, 0.717) is 19.4 Å². The second-order valence-electron chi connectivity index (χ2n) is 7.16. The molecular weight excluding hydrogens is 372 g/mol. The van der Waals surface area contributed by atoms with E-state index in [1.54, 1.807) is 0 Å². The van der Waals surface area contributed by atoms with Crippen LogP contribution in [0.2, 0.25) is 0 Å². The topological polar surface area (TPSA) is 49.6 Å². The van der Waals surface area contributed by atoms with Gasteiger partial charge < -0.3 is 9.64 Å². The Morgan fingerprint density at radius 2 is 1.96 bits per heavy atom. The number of benzene rings is 1. The molecular formula is C22H25N2O3S+. The maximum absolute atomic E-state index is 12.7. The Balaban J connectivity index is 1.59. The molecule has 1 aromatic heterocycles. The predicted molar refractivity (Wildman–Crippen MR) is 112 cm³/mol. The monoisotopic (exact) mass is 397 g/mol. The minimum atomic E-state index is -0.125. The maximum atomic E-state index is 12.7. The Kier molecular flexibility index (Phi) is 5.69. The molecule has 0 bridgehead atoms. The van der Waals surface area contributed by atoms with Crippen LogP contribution in [-0.2, 0) is 16.0 Å². The number of Topliss-reactive ketones (excluding diaryl/α,β-unsaturated/α-hetero) is 1. The van der Waals surface area contributed by atoms with Crippen molar-refractivity contribution in [3.63, 3.8) is 0 Å². The van der Waals surface area contributed by atoms with Crippen LogP contribution in [0.5, 0.6) is 0 Å². The van der Waals surface area contributed by atoms with Crippen LogP contribution in [0.15, 0.2) is 35.7 Å². The molecule has 4 rings (SSSR count). The van der Waals surface area contributed by atoms with Crippen molar-refractivity contribution in [3.05, 3.63) is 46.2 Å². The van der Waals surface area contributed by atoms with Gasteiger partial charge in [-0.2, -0.15) is 4.58 Å². The van der Waals surface area contributed by atoms with Crippen LogP contribution >= 0.6 is 11.3 Å². The first kappa shape index (κ1) is 19.0. The third kappa shape index (κ3) is 3.80. The first-order valence-electron chi connectivity index (χ1n) is 9.88. The van der Waals surface area contributed by atoms with Gasteiger partial charge in [0.05, 0.1) is 13.0 Å². The maximum Gasteiger partial charge on any atom is 0.307 e. The van der Waals surface area contributed by atoms with Gasteiger partial charge in [-0.1, -0.05) is 18.2 Å². The second kappa shape index (κ2) is 8.37. The lowest BCUT2D eigenvalue weighted by Gasteiger charge is -2.26. The van der Waals surface area contributed by atoms with Gasteiger partial charge in [-0.15, -0.1) is 11.3 Å². The lowest BCUT2D eigenvalue weighted by atomic mass is 10.1. The molecule has 6 heteroatoms. The van der Waals surface area contributed by atoms with E-state index < -0.39 is 0 Å². The highest BCUT2D eigenvalue weighted by Crippen LogP contribution is 2.36. The summed E-state index contributed by atoms with van der Waals surface area (Å²) in [6.07, 6.45) is 2.76. The standard InChI is InChI=1S/C22H25N2O3S/c1-2-27-21(26)9-13-23-11-7-17(8-12-23)24-18-6-4-3-5-16(18)15-20(25)22-19(24)10-14-28-22/h3-6,10,14H,2,7-9,11-13,15H2,1H3/q+1. The fourth-order valence-electron chi connectivity index (χ4n) is 4.03. The van der Waals surface area contributed by atoms with E-state index in [-0.39, 0.29) is 11.8 Å². The van der Waals surface area contributed by atoms with Gasteiger partial charge in [-0.05, 0) is 12.3 Å². The van der Waals surface area contributed by atoms with Crippen molar-refractivity contribution in [2.24, 2.45) is 0 Å². The van der Waals surface area contributed by atoms with Crippen molar-refractivity contribution >= 4 is 40.2 Å². The van der Waals surface area contributed by atoms with E-state index in [1.165, 1.54) is 17.0 Å². The van der Waals surface area contributed by atoms with Gasteiger partial charge in [-0.3, -0.25) is 9.59 Å². The number of likely N-dealkylation sites (tertiary alicyclic amines) is 1. The Labute approximate surface area is 169 Å². The Morgan fingerprint density at radius 1 is 1.18 bits per heavy atom. The van der Waals surface area contributed by atoms with Gasteiger partial charge in [0.2, 0.25) is 11.4 Å². The molecule has 1 saturated heterocycles. The van der Waals surface area contributed by atoms with Crippen LogP contribution in [0.25, 0.3) is 0 Å². The number of esters is 1. The van der Waals surface area contributed by atoms with Gasteiger partial charge in [0.25, 0.3) is 0 Å². The van der Waals surface area contributed by atoms with Crippen LogP contribution in [0.3, 0.4) is 0 Å². The molecule has 0 radical (unpaired) electrons. The fraction of sp³-hybridized carbons (Fsp3) is 0.409. The molecule has 5 nitrogen and oxygen atoms in total. The molecule has 1 aromatic carbocycles. The quantitative estimate of drug-likeness (QED) is 0.581. The SMILES string of the molecule is CCOC(=O)CCN1CCC(=[N+]2c3ccccc3CC(=O)c3sccc32)CC1. The number of para-hydroxylation sites is 1. The van der Waals surface area contributed by atoms with Crippen molar-refractivity contribution in [3.8, 4) is 0 Å². The number of hydrogen-bond donors (Lipinski definition) is 0. The van der Waals surface area contributed by atoms with Gasteiger partial charge in [-0.25, -0.2) is 0 Å². The number of thiophene rings is 1. The van der Waals surface area contributed by atoms with E-state index >= 15 is 0 Å². The number of nitrogens with zero attached hydrogens (tertiary/aromatic N) is 2. The molecule has 0 N–H and O–H groups in total. The molecule has 0 atom stereocenters. The van der Waals surface area contributed by atoms with E-state index in [0.717, 1.165) is 54.3 Å². The zero-order valence-corrected chi connectivity index (χ0v) is 17.0. The molecule has 0 amide bonds. The highest BCUT2D eigenvalue weighted by atomic mass is 32.1. The van der Waals surface area contributed by atoms with Crippen molar-refractivity contribution < 1.29 is 14.3 Å². The summed E-state index contributed by atoms with van der Waals surface area (Å²) >= 11 is 1.54. The highest BCUT2D eigenvalue weighted by Gasteiger charge is 2.34. The number of ketones is 1. The predicted octanol–water partition coefficient (Wildman–Crippen LogP) is 3.81. The lowest BCUT2D eigenvalue weighted by molar-refractivity contribution is -0.143. The van der Waals surface area contributed by atoms with Crippen molar-refractivity contribution in [1.82, 2.24) is 9.48 Å². The smallest absolute Gasteiger partial charge is 0.307 e. The molecule has 2 aromatic rings. The Morgan fingerprint density at radius 3 is 2.75 bits per heavy atom. The van der Waals surface area contributed by atoms with Crippen molar-refractivity contribution in [2.45, 2.75) is 32.6 Å². The molecule has 0 unspecified atom stereocenters. The fourth-order valence-corrected chi connectivity index (χ4v) is 4.85. The Bertz CT molecular complexity index is 921. The molecule has 2 aliphatic heterocycles. The molecule has 0 spiro atoms. The van der Waals surface area contributed by atoms with Crippen LogP contribution in [0, 0.1) is 0 Å². The lowest BCUT2D eigenvalue weighted by Crippen LogP contribution is -2.38. The third-order valence-electron chi connectivity index (χ3n) is 5.41. The number of rotatable bonds is 4. The van der Waals surface area contributed by atoms with E-state index in [4.69, 9.17) is 4.74 Å². The molecule has 0 saturated carbocycles. The first-order valence-corrected chi connectivity index (χ1v) is 10.8. The van der Waals surface area contributed by atoms with Crippen molar-refractivity contribution in [1.29, 1.82) is 0 Å². The highest BCUT2D eigenvalue weighted by molar-refractivity contribution is 7.12. The average Bonchev–Trinajstić information content (AvgIpc) is 3.14. The van der Waals surface area contributed by atoms with Gasteiger partial charge in [0, 0.05) is 56.6 Å². The zero-order valence-electron chi connectivity index (χ0n) is 16.1. The van der Waals surface area contributed by atoms with Gasteiger partial charge >= 0.3 is 5.97 Å². The average molecular weight is 398 g/mol. The first-order chi connectivity index (χ1) is 13.7. The van der Waals surface area contributed by atoms with Crippen molar-refractivity contribution in [2.75, 3.05) is 26.2 Å². The molecule has 2 aliphatic rings. The van der Waals surface area contributed by atoms with Crippen LogP contribution < -0.4 is 4.58 Å². The summed E-state index contributed by atoms with van der Waals surface area (Å²) in [4.78, 5) is 27.5. The molecule has 3 heterocycles. The number of carbonyl (C=O) groups is 2. The zero-order chi connectivity index (χ0) is 19.5. The summed E-state index contributed by atoms with van der Waals surface area (Å²) < 4.78 is 7.35. The molecule has 1 fully saturated rings. The summed E-state index contributed by atoms with van der Waals surface area (Å²) in [7, 11) is 0. The van der Waals surface area contributed by atoms with Crippen LogP contribution in [-0.4, -0.2) is 48.6 Å². The molecule has 0 aliphatic carbocycles. The van der Waals surface area contributed by atoms with Gasteiger partial charge in [0.1, 0.15) is 4.88 Å². The number of ether oxygens (including phenoxy) is 1. The third-order valence-corrected chi connectivity index (χ3v) is 6.35. The minimum Gasteiger partial charge on any atom is -0.466 e. The molecule has 28 heavy (non-hydrogen) atoms. The number of fused-ring (bicyclic) bond motifs is 2.